The highest BCUT2D eigenvalue weighted by Crippen LogP contribution is 2.26. The number of carbonyl (C=O) groups excluding carboxylic acids is 1. The molecule has 0 fully saturated rings. The zero-order valence-electron chi connectivity index (χ0n) is 15.8. The molecule has 0 aliphatic rings. The minimum Gasteiger partial charge on any atom is -0.352 e. The van der Waals surface area contributed by atoms with Gasteiger partial charge in [-0.15, -0.1) is 0 Å². The predicted octanol–water partition coefficient (Wildman–Crippen LogP) is 2.41. The predicted molar refractivity (Wildman–Crippen MR) is 110 cm³/mol. The van der Waals surface area contributed by atoms with Gasteiger partial charge in [0.1, 0.15) is 0 Å². The molecular weight excluding hydrogens is 410 g/mol. The van der Waals surface area contributed by atoms with Crippen molar-refractivity contribution in [3.8, 4) is 0 Å². The molecule has 0 aliphatic heterocycles. The number of hydrogen-bond acceptors (Lipinski definition) is 6. The molecular formula is C19H19N5O5S. The highest BCUT2D eigenvalue weighted by Gasteiger charge is 2.26. The number of anilines is 1. The molecule has 0 spiro atoms. The van der Waals surface area contributed by atoms with E-state index in [2.05, 4.69) is 15.0 Å². The number of carbonyl (C=O) groups is 1. The molecule has 3 rings (SSSR count). The van der Waals surface area contributed by atoms with Gasteiger partial charge in [-0.3, -0.25) is 19.6 Å². The van der Waals surface area contributed by atoms with E-state index in [1.807, 2.05) is 10.8 Å². The number of para-hydroxylation sites is 2. The van der Waals surface area contributed by atoms with Gasteiger partial charge in [-0.1, -0.05) is 24.3 Å². The second kappa shape index (κ2) is 9.18. The van der Waals surface area contributed by atoms with Gasteiger partial charge in [0.15, 0.2) is 4.90 Å². The van der Waals surface area contributed by atoms with Crippen LogP contribution in [0.15, 0.2) is 72.1 Å². The van der Waals surface area contributed by atoms with Gasteiger partial charge in [-0.25, -0.2) is 13.4 Å². The number of aryl methyl sites for hydroxylation is 1. The summed E-state index contributed by atoms with van der Waals surface area (Å²) in [5.74, 6) is -0.457. The highest BCUT2D eigenvalue weighted by atomic mass is 32.2. The van der Waals surface area contributed by atoms with E-state index in [1.54, 1.807) is 24.7 Å². The molecule has 3 aromatic rings. The maximum Gasteiger partial charge on any atom is 0.289 e. The molecule has 0 aliphatic carbocycles. The van der Waals surface area contributed by atoms with E-state index in [1.165, 1.54) is 24.3 Å². The van der Waals surface area contributed by atoms with Gasteiger partial charge < -0.3 is 9.88 Å². The third kappa shape index (κ3) is 5.00. The van der Waals surface area contributed by atoms with E-state index in [-0.39, 0.29) is 11.3 Å². The summed E-state index contributed by atoms with van der Waals surface area (Å²) in [5, 5.41) is 13.9. The van der Waals surface area contributed by atoms with Crippen molar-refractivity contribution in [3.05, 3.63) is 82.9 Å². The summed E-state index contributed by atoms with van der Waals surface area (Å²) in [6.45, 7) is 1.05. The number of imidazole rings is 1. The molecule has 30 heavy (non-hydrogen) atoms. The number of rotatable bonds is 9. The normalized spacial score (nSPS) is 11.1. The van der Waals surface area contributed by atoms with Crippen molar-refractivity contribution in [2.24, 2.45) is 0 Å². The molecule has 0 atom stereocenters. The Morgan fingerprint density at radius 3 is 2.60 bits per heavy atom. The van der Waals surface area contributed by atoms with Crippen LogP contribution in [0.2, 0.25) is 0 Å². The molecule has 1 heterocycles. The minimum absolute atomic E-state index is 0.0303. The number of hydrogen-bond donors (Lipinski definition) is 2. The van der Waals surface area contributed by atoms with Crippen LogP contribution in [0.4, 0.5) is 11.4 Å². The average molecular weight is 429 g/mol. The Bertz CT molecular complexity index is 1150. The summed E-state index contributed by atoms with van der Waals surface area (Å²) >= 11 is 0. The Morgan fingerprint density at radius 1 is 1.13 bits per heavy atom. The van der Waals surface area contributed by atoms with Crippen molar-refractivity contribution in [2.45, 2.75) is 17.9 Å². The molecule has 0 unspecified atom stereocenters. The summed E-state index contributed by atoms with van der Waals surface area (Å²) in [5.41, 5.74) is -0.406. The van der Waals surface area contributed by atoms with Crippen LogP contribution in [0.3, 0.4) is 0 Å². The number of nitrogens with one attached hydrogen (secondary N) is 2. The molecule has 11 heteroatoms. The lowest BCUT2D eigenvalue weighted by Crippen LogP contribution is -2.27. The van der Waals surface area contributed by atoms with Crippen LogP contribution in [0, 0.1) is 10.1 Å². The van der Waals surface area contributed by atoms with E-state index in [0.717, 1.165) is 12.1 Å². The standard InChI is InChI=1S/C19H19N5O5S/c25-19(21-10-5-12-23-13-11-20-14-23)15-6-1-2-7-16(15)22-30(28,29)18-9-4-3-8-17(18)24(26)27/h1-4,6-9,11,13-14,22H,5,10,12H2,(H,21,25). The molecule has 1 amide bonds. The summed E-state index contributed by atoms with van der Waals surface area (Å²) in [6.07, 6.45) is 5.81. The lowest BCUT2D eigenvalue weighted by atomic mass is 10.1. The largest absolute Gasteiger partial charge is 0.352 e. The van der Waals surface area contributed by atoms with Crippen molar-refractivity contribution < 1.29 is 18.1 Å². The quantitative estimate of drug-likeness (QED) is 0.304. The van der Waals surface area contributed by atoms with Crippen LogP contribution in [-0.2, 0) is 16.6 Å². The maximum atomic E-state index is 12.7. The summed E-state index contributed by atoms with van der Waals surface area (Å²) in [6, 6.07) is 11.1. The fourth-order valence-electron chi connectivity index (χ4n) is 2.78. The first-order chi connectivity index (χ1) is 14.4. The van der Waals surface area contributed by atoms with E-state index < -0.39 is 31.4 Å². The number of sulfonamides is 1. The van der Waals surface area contributed by atoms with Crippen LogP contribution < -0.4 is 10.0 Å². The first-order valence-electron chi connectivity index (χ1n) is 8.98. The zero-order chi connectivity index (χ0) is 21.6. The van der Waals surface area contributed by atoms with E-state index in [0.29, 0.717) is 19.5 Å². The van der Waals surface area contributed by atoms with Crippen molar-refractivity contribution in [2.75, 3.05) is 11.3 Å². The lowest BCUT2D eigenvalue weighted by Gasteiger charge is -2.13. The van der Waals surface area contributed by atoms with Gasteiger partial charge in [-0.2, -0.15) is 0 Å². The van der Waals surface area contributed by atoms with Crippen LogP contribution in [0.5, 0.6) is 0 Å². The van der Waals surface area contributed by atoms with Gasteiger partial charge >= 0.3 is 0 Å². The van der Waals surface area contributed by atoms with Crippen LogP contribution in [-0.4, -0.2) is 35.3 Å². The topological polar surface area (TPSA) is 136 Å². The Balaban J connectivity index is 1.73. The SMILES string of the molecule is O=C(NCCCn1ccnc1)c1ccccc1NS(=O)(=O)c1ccccc1[N+](=O)[O-]. The van der Waals surface area contributed by atoms with Gasteiger partial charge in [0.05, 0.1) is 22.5 Å². The Morgan fingerprint density at radius 2 is 1.87 bits per heavy atom. The third-order valence-corrected chi connectivity index (χ3v) is 5.62. The molecule has 0 saturated heterocycles. The number of amides is 1. The Hall–Kier alpha value is -3.73. The van der Waals surface area contributed by atoms with Crippen molar-refractivity contribution >= 4 is 27.3 Å². The Labute approximate surface area is 172 Å². The number of nitrogens with zero attached hydrogens (tertiary/aromatic N) is 3. The number of benzene rings is 2. The van der Waals surface area contributed by atoms with E-state index in [4.69, 9.17) is 0 Å². The minimum atomic E-state index is -4.28. The van der Waals surface area contributed by atoms with Gasteiger partial charge in [0.25, 0.3) is 21.6 Å². The van der Waals surface area contributed by atoms with E-state index >= 15 is 0 Å². The fourth-order valence-corrected chi connectivity index (χ4v) is 4.04. The fraction of sp³-hybridized carbons (Fsp3) is 0.158. The maximum absolute atomic E-state index is 12.7. The number of nitro benzene ring substituents is 1. The first-order valence-corrected chi connectivity index (χ1v) is 10.5. The average Bonchev–Trinajstić information content (AvgIpc) is 3.25. The van der Waals surface area contributed by atoms with Crippen molar-refractivity contribution in [1.82, 2.24) is 14.9 Å². The Kier molecular flexibility index (Phi) is 6.42. The summed E-state index contributed by atoms with van der Waals surface area (Å²) in [4.78, 5) is 26.4. The molecule has 10 nitrogen and oxygen atoms in total. The van der Waals surface area contributed by atoms with Gasteiger partial charge in [0, 0.05) is 31.5 Å². The van der Waals surface area contributed by atoms with E-state index in [9.17, 15) is 23.3 Å². The molecule has 2 aromatic carbocycles. The van der Waals surface area contributed by atoms with Crippen molar-refractivity contribution in [3.63, 3.8) is 0 Å². The van der Waals surface area contributed by atoms with Crippen molar-refractivity contribution in [1.29, 1.82) is 0 Å². The van der Waals surface area contributed by atoms with Gasteiger partial charge in [-0.05, 0) is 24.6 Å². The zero-order valence-corrected chi connectivity index (χ0v) is 16.6. The number of nitro groups is 1. The molecule has 0 saturated carbocycles. The molecule has 156 valence electrons. The van der Waals surface area contributed by atoms with Crippen LogP contribution >= 0.6 is 0 Å². The van der Waals surface area contributed by atoms with Crippen LogP contribution in [0.1, 0.15) is 16.8 Å². The third-order valence-electron chi connectivity index (χ3n) is 4.21. The smallest absolute Gasteiger partial charge is 0.289 e. The molecule has 2 N–H and O–H groups in total. The van der Waals surface area contributed by atoms with Crippen LogP contribution in [0.25, 0.3) is 0 Å². The highest BCUT2D eigenvalue weighted by molar-refractivity contribution is 7.92. The first kappa shape index (κ1) is 21.0. The lowest BCUT2D eigenvalue weighted by molar-refractivity contribution is -0.387. The second-order valence-corrected chi connectivity index (χ2v) is 7.94. The summed E-state index contributed by atoms with van der Waals surface area (Å²) in [7, 11) is -4.28. The number of aromatic nitrogens is 2. The molecule has 0 bridgehead atoms. The second-order valence-electron chi connectivity index (χ2n) is 6.29. The summed E-state index contributed by atoms with van der Waals surface area (Å²) < 4.78 is 29.6. The monoisotopic (exact) mass is 429 g/mol. The molecule has 1 aromatic heterocycles. The molecule has 0 radical (unpaired) electrons. The van der Waals surface area contributed by atoms with Gasteiger partial charge in [0.2, 0.25) is 0 Å².